The summed E-state index contributed by atoms with van der Waals surface area (Å²) >= 11 is 0. The highest BCUT2D eigenvalue weighted by Gasteiger charge is 2.13. The lowest BCUT2D eigenvalue weighted by Gasteiger charge is -2.09. The quantitative estimate of drug-likeness (QED) is 0.727. The highest BCUT2D eigenvalue weighted by molar-refractivity contribution is 6.10. The standard InChI is InChI=1S/C14H13N3O2/c15-11-7-3-1-5-9(11)14(19)17-12-8-4-2-6-10(12)13(16)18/h1-8H,15H2,(H2,16,18)(H,17,19). The number of nitrogens with two attached hydrogens (primary N) is 2. The molecule has 0 fully saturated rings. The number of anilines is 2. The van der Waals surface area contributed by atoms with Crippen molar-refractivity contribution in [2.45, 2.75) is 0 Å². The van der Waals surface area contributed by atoms with Crippen molar-refractivity contribution in [1.29, 1.82) is 0 Å². The van der Waals surface area contributed by atoms with Crippen molar-refractivity contribution in [3.05, 3.63) is 59.7 Å². The molecule has 2 amide bonds. The lowest BCUT2D eigenvalue weighted by molar-refractivity contribution is 0.100. The number of amides is 2. The topological polar surface area (TPSA) is 98.2 Å². The van der Waals surface area contributed by atoms with E-state index in [2.05, 4.69) is 5.32 Å². The van der Waals surface area contributed by atoms with Crippen molar-refractivity contribution in [1.82, 2.24) is 0 Å². The van der Waals surface area contributed by atoms with Gasteiger partial charge in [-0.3, -0.25) is 9.59 Å². The van der Waals surface area contributed by atoms with Crippen LogP contribution in [0, 0.1) is 0 Å². The van der Waals surface area contributed by atoms with Gasteiger partial charge < -0.3 is 16.8 Å². The molecule has 0 radical (unpaired) electrons. The Morgan fingerprint density at radius 3 is 2.11 bits per heavy atom. The third-order valence-electron chi connectivity index (χ3n) is 2.65. The summed E-state index contributed by atoms with van der Waals surface area (Å²) in [7, 11) is 0. The Balaban J connectivity index is 2.30. The Morgan fingerprint density at radius 2 is 1.47 bits per heavy atom. The molecule has 0 heterocycles. The van der Waals surface area contributed by atoms with Gasteiger partial charge in [-0.1, -0.05) is 24.3 Å². The van der Waals surface area contributed by atoms with Crippen LogP contribution in [0.15, 0.2) is 48.5 Å². The number of hydrogen-bond donors (Lipinski definition) is 3. The molecular weight excluding hydrogens is 242 g/mol. The van der Waals surface area contributed by atoms with Crippen LogP contribution >= 0.6 is 0 Å². The van der Waals surface area contributed by atoms with E-state index in [0.29, 0.717) is 16.9 Å². The van der Waals surface area contributed by atoms with Crippen molar-refractivity contribution in [3.63, 3.8) is 0 Å². The second kappa shape index (κ2) is 5.22. The highest BCUT2D eigenvalue weighted by Crippen LogP contribution is 2.17. The third-order valence-corrected chi connectivity index (χ3v) is 2.65. The van der Waals surface area contributed by atoms with Crippen LogP contribution in [0.3, 0.4) is 0 Å². The predicted octanol–water partition coefficient (Wildman–Crippen LogP) is 1.62. The molecular formula is C14H13N3O2. The fourth-order valence-electron chi connectivity index (χ4n) is 1.70. The Labute approximate surface area is 110 Å². The zero-order chi connectivity index (χ0) is 13.8. The first-order valence-corrected chi connectivity index (χ1v) is 5.64. The number of para-hydroxylation sites is 2. The second-order valence-electron chi connectivity index (χ2n) is 3.95. The van der Waals surface area contributed by atoms with Crippen molar-refractivity contribution in [2.75, 3.05) is 11.1 Å². The van der Waals surface area contributed by atoms with Gasteiger partial charge in [0.2, 0.25) is 0 Å². The number of hydrogen-bond acceptors (Lipinski definition) is 3. The van der Waals surface area contributed by atoms with Gasteiger partial charge in [-0.05, 0) is 24.3 Å². The molecule has 2 rings (SSSR count). The van der Waals surface area contributed by atoms with Crippen LogP contribution in [0.25, 0.3) is 0 Å². The summed E-state index contributed by atoms with van der Waals surface area (Å²) in [6.45, 7) is 0. The average molecular weight is 255 g/mol. The molecule has 0 aliphatic carbocycles. The molecule has 0 bridgehead atoms. The van der Waals surface area contributed by atoms with Gasteiger partial charge in [-0.25, -0.2) is 0 Å². The smallest absolute Gasteiger partial charge is 0.257 e. The van der Waals surface area contributed by atoms with Gasteiger partial charge in [0.25, 0.3) is 11.8 Å². The van der Waals surface area contributed by atoms with Gasteiger partial charge in [0.05, 0.1) is 16.8 Å². The van der Waals surface area contributed by atoms with E-state index in [0.717, 1.165) is 0 Å². The summed E-state index contributed by atoms with van der Waals surface area (Å²) in [4.78, 5) is 23.3. The largest absolute Gasteiger partial charge is 0.398 e. The van der Waals surface area contributed by atoms with Crippen LogP contribution in [0.2, 0.25) is 0 Å². The summed E-state index contributed by atoms with van der Waals surface area (Å²) in [5, 5.41) is 2.63. The monoisotopic (exact) mass is 255 g/mol. The van der Waals surface area contributed by atoms with Crippen LogP contribution in [0.1, 0.15) is 20.7 Å². The second-order valence-corrected chi connectivity index (χ2v) is 3.95. The van der Waals surface area contributed by atoms with Crippen LogP contribution in [0.5, 0.6) is 0 Å². The zero-order valence-electron chi connectivity index (χ0n) is 10.1. The van der Waals surface area contributed by atoms with E-state index in [9.17, 15) is 9.59 Å². The van der Waals surface area contributed by atoms with Crippen LogP contribution in [0.4, 0.5) is 11.4 Å². The molecule has 0 unspecified atom stereocenters. The predicted molar refractivity (Wildman–Crippen MR) is 73.8 cm³/mol. The molecule has 2 aromatic rings. The molecule has 96 valence electrons. The molecule has 0 saturated carbocycles. The van der Waals surface area contributed by atoms with Gasteiger partial charge in [-0.2, -0.15) is 0 Å². The Morgan fingerprint density at radius 1 is 0.895 bits per heavy atom. The maximum absolute atomic E-state index is 12.1. The van der Waals surface area contributed by atoms with E-state index in [1.54, 1.807) is 48.5 Å². The van der Waals surface area contributed by atoms with Crippen LogP contribution < -0.4 is 16.8 Å². The maximum atomic E-state index is 12.1. The number of nitrogen functional groups attached to an aromatic ring is 1. The van der Waals surface area contributed by atoms with Crippen molar-refractivity contribution in [2.24, 2.45) is 5.73 Å². The minimum Gasteiger partial charge on any atom is -0.398 e. The summed E-state index contributed by atoms with van der Waals surface area (Å²) in [5.74, 6) is -0.983. The number of benzene rings is 2. The molecule has 2 aromatic carbocycles. The lowest BCUT2D eigenvalue weighted by atomic mass is 10.1. The van der Waals surface area contributed by atoms with E-state index in [-0.39, 0.29) is 11.5 Å². The normalized spacial score (nSPS) is 9.89. The minimum absolute atomic E-state index is 0.255. The fraction of sp³-hybridized carbons (Fsp3) is 0. The maximum Gasteiger partial charge on any atom is 0.257 e. The Kier molecular flexibility index (Phi) is 3.47. The van der Waals surface area contributed by atoms with Crippen LogP contribution in [-0.2, 0) is 0 Å². The lowest BCUT2D eigenvalue weighted by Crippen LogP contribution is -2.18. The van der Waals surface area contributed by atoms with Gasteiger partial charge >= 0.3 is 0 Å². The summed E-state index contributed by atoms with van der Waals surface area (Å²) in [6.07, 6.45) is 0. The highest BCUT2D eigenvalue weighted by atomic mass is 16.2. The van der Waals surface area contributed by atoms with Crippen LogP contribution in [-0.4, -0.2) is 11.8 Å². The average Bonchev–Trinajstić information content (AvgIpc) is 2.39. The first-order chi connectivity index (χ1) is 9.09. The number of nitrogens with one attached hydrogen (secondary N) is 1. The van der Waals surface area contributed by atoms with E-state index in [1.165, 1.54) is 0 Å². The molecule has 0 spiro atoms. The Bertz CT molecular complexity index is 638. The van der Waals surface area contributed by atoms with E-state index in [1.807, 2.05) is 0 Å². The molecule has 0 atom stereocenters. The van der Waals surface area contributed by atoms with Gasteiger partial charge in [0.15, 0.2) is 0 Å². The van der Waals surface area contributed by atoms with E-state index < -0.39 is 5.91 Å². The first-order valence-electron chi connectivity index (χ1n) is 5.64. The fourth-order valence-corrected chi connectivity index (χ4v) is 1.70. The van der Waals surface area contributed by atoms with E-state index >= 15 is 0 Å². The summed E-state index contributed by atoms with van der Waals surface area (Å²) in [5.41, 5.74) is 12.3. The van der Waals surface area contributed by atoms with Gasteiger partial charge in [-0.15, -0.1) is 0 Å². The summed E-state index contributed by atoms with van der Waals surface area (Å²) in [6, 6.07) is 13.2. The Hall–Kier alpha value is -2.82. The first kappa shape index (κ1) is 12.6. The number of carbonyl (C=O) groups excluding carboxylic acids is 2. The molecule has 19 heavy (non-hydrogen) atoms. The third kappa shape index (κ3) is 2.71. The van der Waals surface area contributed by atoms with Crippen molar-refractivity contribution >= 4 is 23.2 Å². The molecule has 0 aromatic heterocycles. The number of rotatable bonds is 3. The molecule has 5 N–H and O–H groups in total. The minimum atomic E-state index is -0.600. The van der Waals surface area contributed by atoms with E-state index in [4.69, 9.17) is 11.5 Å². The van der Waals surface area contributed by atoms with Gasteiger partial charge in [0.1, 0.15) is 0 Å². The summed E-state index contributed by atoms with van der Waals surface area (Å²) < 4.78 is 0. The molecule has 5 heteroatoms. The molecule has 0 aliphatic heterocycles. The molecule has 0 aliphatic rings. The number of carbonyl (C=O) groups is 2. The zero-order valence-corrected chi connectivity index (χ0v) is 10.1. The number of primary amides is 1. The SMILES string of the molecule is NC(=O)c1ccccc1NC(=O)c1ccccc1N. The van der Waals surface area contributed by atoms with Crippen molar-refractivity contribution in [3.8, 4) is 0 Å². The molecule has 0 saturated heterocycles. The van der Waals surface area contributed by atoms with Crippen molar-refractivity contribution < 1.29 is 9.59 Å². The molecule has 5 nitrogen and oxygen atoms in total. The van der Waals surface area contributed by atoms with Gasteiger partial charge in [0, 0.05) is 5.69 Å².